The molecule has 64 valence electrons. The van der Waals surface area contributed by atoms with Gasteiger partial charge in [0.05, 0.1) is 7.11 Å². The summed E-state index contributed by atoms with van der Waals surface area (Å²) in [7, 11) is 1.56. The van der Waals surface area contributed by atoms with Crippen LogP contribution in [0.25, 0.3) is 0 Å². The van der Waals surface area contributed by atoms with E-state index in [9.17, 15) is 4.21 Å². The Morgan fingerprint density at radius 2 is 2.25 bits per heavy atom. The fourth-order valence-electron chi connectivity index (χ4n) is 0.951. The third-order valence-corrected chi connectivity index (χ3v) is 1.81. The Morgan fingerprint density at radius 3 is 2.83 bits per heavy atom. The zero-order valence-corrected chi connectivity index (χ0v) is 7.72. The third-order valence-electron chi connectivity index (χ3n) is 1.55. The highest BCUT2D eigenvalue weighted by Crippen LogP contribution is 2.29. The Morgan fingerprint density at radius 1 is 1.50 bits per heavy atom. The van der Waals surface area contributed by atoms with E-state index in [4.69, 9.17) is 4.74 Å². The van der Waals surface area contributed by atoms with Crippen LogP contribution in [0.2, 0.25) is 0 Å². The van der Waals surface area contributed by atoms with E-state index < -0.39 is 0 Å². The molecular weight excluding hydrogens is 174 g/mol. The Labute approximate surface area is 74.6 Å². The van der Waals surface area contributed by atoms with Crippen molar-refractivity contribution in [1.29, 1.82) is 0 Å². The predicted molar refractivity (Wildman–Crippen MR) is 48.0 cm³/mol. The molecule has 0 unspecified atom stereocenters. The van der Waals surface area contributed by atoms with Crippen molar-refractivity contribution in [2.24, 2.45) is 4.36 Å². The molecule has 0 N–H and O–H groups in total. The molecule has 12 heavy (non-hydrogen) atoms. The van der Waals surface area contributed by atoms with Gasteiger partial charge in [0.25, 0.3) is 0 Å². The first-order chi connectivity index (χ1) is 5.79. The van der Waals surface area contributed by atoms with Crippen LogP contribution in [0.5, 0.6) is 5.75 Å². The van der Waals surface area contributed by atoms with Gasteiger partial charge in [0.15, 0.2) is 0 Å². The van der Waals surface area contributed by atoms with Gasteiger partial charge in [-0.1, -0.05) is 12.1 Å². The summed E-state index contributed by atoms with van der Waals surface area (Å²) in [5.74, 6) is 0.637. The second-order valence-corrected chi connectivity index (χ2v) is 2.62. The molecule has 3 nitrogen and oxygen atoms in total. The van der Waals surface area contributed by atoms with Crippen LogP contribution in [0.15, 0.2) is 22.6 Å². The van der Waals surface area contributed by atoms with E-state index in [0.717, 1.165) is 5.56 Å². The molecule has 1 aromatic rings. The largest absolute Gasteiger partial charge is 0.494 e. The van der Waals surface area contributed by atoms with Gasteiger partial charge in [0.2, 0.25) is 11.5 Å². The summed E-state index contributed by atoms with van der Waals surface area (Å²) in [6, 6.07) is 5.53. The minimum absolute atomic E-state index is 0.193. The van der Waals surface area contributed by atoms with Gasteiger partial charge in [-0.25, -0.2) is 0 Å². The normalized spacial score (nSPS) is 9.17. The van der Waals surface area contributed by atoms with Crippen molar-refractivity contribution in [1.82, 2.24) is 0 Å². The van der Waals surface area contributed by atoms with Crippen molar-refractivity contribution < 1.29 is 8.95 Å². The summed E-state index contributed by atoms with van der Waals surface area (Å²) in [6.45, 7) is 1.89. The lowest BCUT2D eigenvalue weighted by Gasteiger charge is -2.04. The van der Waals surface area contributed by atoms with Gasteiger partial charge in [0.1, 0.15) is 11.4 Å². The van der Waals surface area contributed by atoms with E-state index in [0.29, 0.717) is 11.4 Å². The van der Waals surface area contributed by atoms with E-state index in [1.807, 2.05) is 19.1 Å². The number of nitrogens with zero attached hydrogens (tertiary/aromatic N) is 1. The molecule has 0 aliphatic heterocycles. The van der Waals surface area contributed by atoms with Crippen molar-refractivity contribution >= 4 is 17.2 Å². The van der Waals surface area contributed by atoms with Crippen LogP contribution in [0.1, 0.15) is 5.56 Å². The fraction of sp³-hybridized carbons (Fsp3) is 0.250. The second-order valence-electron chi connectivity index (χ2n) is 2.29. The number of aryl methyl sites for hydroxylation is 1. The highest BCUT2D eigenvalue weighted by molar-refractivity contribution is 7.54. The van der Waals surface area contributed by atoms with Crippen LogP contribution >= 0.6 is 0 Å². The molecule has 0 saturated carbocycles. The average Bonchev–Trinajstić information content (AvgIpc) is 2.09. The van der Waals surface area contributed by atoms with E-state index >= 15 is 0 Å². The van der Waals surface area contributed by atoms with Gasteiger partial charge < -0.3 is 4.74 Å². The van der Waals surface area contributed by atoms with Gasteiger partial charge in [-0.15, -0.1) is 0 Å². The Kier molecular flexibility index (Phi) is 2.99. The lowest BCUT2D eigenvalue weighted by molar-refractivity contribution is 0.416. The maximum atomic E-state index is 10.2. The van der Waals surface area contributed by atoms with Crippen molar-refractivity contribution in [2.45, 2.75) is 6.92 Å². The van der Waals surface area contributed by atoms with Crippen LogP contribution in [-0.4, -0.2) is 11.3 Å². The summed E-state index contributed by atoms with van der Waals surface area (Å²) in [5.41, 5.74) is 1.57. The molecule has 0 saturated heterocycles. The van der Waals surface area contributed by atoms with E-state index in [2.05, 4.69) is 4.36 Å². The average molecular weight is 183 g/mol. The van der Waals surface area contributed by atoms with Crippen molar-refractivity contribution in [3.63, 3.8) is 0 Å². The van der Waals surface area contributed by atoms with Crippen LogP contribution in [-0.2, 0) is 11.5 Å². The molecule has 1 rings (SSSR count). The lowest BCUT2D eigenvalue weighted by atomic mass is 10.2. The molecule has 0 amide bonds. The number of methoxy groups -OCH3 is 1. The van der Waals surface area contributed by atoms with Gasteiger partial charge in [-0.2, -0.15) is 8.57 Å². The summed E-state index contributed by atoms with van der Waals surface area (Å²) >= 11 is 0.193. The lowest BCUT2D eigenvalue weighted by Crippen LogP contribution is -1.84. The first kappa shape index (κ1) is 8.93. The van der Waals surface area contributed by atoms with Crippen molar-refractivity contribution in [2.75, 3.05) is 7.11 Å². The molecule has 1 aromatic carbocycles. The van der Waals surface area contributed by atoms with Gasteiger partial charge in [0, 0.05) is 0 Å². The van der Waals surface area contributed by atoms with Gasteiger partial charge >= 0.3 is 0 Å². The molecule has 0 aliphatic carbocycles. The molecule has 0 bridgehead atoms. The fourth-order valence-corrected chi connectivity index (χ4v) is 1.26. The molecule has 0 spiro atoms. The molecule has 4 heteroatoms. The smallest absolute Gasteiger partial charge is 0.205 e. The van der Waals surface area contributed by atoms with Crippen LogP contribution in [0.4, 0.5) is 5.69 Å². The minimum atomic E-state index is 0.193. The van der Waals surface area contributed by atoms with Crippen LogP contribution < -0.4 is 4.74 Å². The Balaban J connectivity index is 3.28. The molecule has 0 fully saturated rings. The zero-order chi connectivity index (χ0) is 8.97. The molecule has 0 aromatic heterocycles. The van der Waals surface area contributed by atoms with Crippen molar-refractivity contribution in [3.8, 4) is 5.75 Å². The molecule has 0 heterocycles. The van der Waals surface area contributed by atoms with Gasteiger partial charge in [-0.3, -0.25) is 0 Å². The maximum Gasteiger partial charge on any atom is 0.205 e. The van der Waals surface area contributed by atoms with Crippen LogP contribution in [0.3, 0.4) is 0 Å². The zero-order valence-electron chi connectivity index (χ0n) is 6.90. The quantitative estimate of drug-likeness (QED) is 0.703. The summed E-state index contributed by atoms with van der Waals surface area (Å²) in [4.78, 5) is 0. The van der Waals surface area contributed by atoms with E-state index in [1.54, 1.807) is 13.2 Å². The maximum absolute atomic E-state index is 10.2. The molecule has 0 atom stereocenters. The number of benzene rings is 1. The summed E-state index contributed by atoms with van der Waals surface area (Å²) in [5, 5.41) is 0. The van der Waals surface area contributed by atoms with E-state index in [-0.39, 0.29) is 11.5 Å². The number of hydrogen-bond donors (Lipinski definition) is 0. The Bertz CT molecular complexity index is 332. The number of rotatable bonds is 2. The second kappa shape index (κ2) is 4.01. The van der Waals surface area contributed by atoms with Crippen molar-refractivity contribution in [3.05, 3.63) is 23.8 Å². The Hall–Kier alpha value is -1.16. The monoisotopic (exact) mass is 183 g/mol. The SMILES string of the molecule is COc1cccc(C)c1N=S=O. The topological polar surface area (TPSA) is 38.7 Å². The highest BCUT2D eigenvalue weighted by atomic mass is 32.1. The highest BCUT2D eigenvalue weighted by Gasteiger charge is 2.02. The standard InChI is InChI=1S/C8H9NO2S/c1-6-4-3-5-7(11-2)8(6)9-12-10/h3-5H,1-2H3. The summed E-state index contributed by atoms with van der Waals surface area (Å²) < 4.78 is 19.0. The molecule has 0 radical (unpaired) electrons. The number of ether oxygens (including phenoxy) is 1. The predicted octanol–water partition coefficient (Wildman–Crippen LogP) is 2.03. The first-order valence-corrected chi connectivity index (χ1v) is 4.13. The molecular formula is C8H9NO2S. The van der Waals surface area contributed by atoms with E-state index in [1.165, 1.54) is 0 Å². The third kappa shape index (κ3) is 1.71. The first-order valence-electron chi connectivity index (χ1n) is 3.43. The summed E-state index contributed by atoms with van der Waals surface area (Å²) in [6.07, 6.45) is 0. The van der Waals surface area contributed by atoms with Crippen LogP contribution in [0, 0.1) is 6.92 Å². The molecule has 0 aliphatic rings. The minimum Gasteiger partial charge on any atom is -0.494 e. The van der Waals surface area contributed by atoms with Gasteiger partial charge in [-0.05, 0) is 18.6 Å². The number of hydrogen-bond acceptors (Lipinski definition) is 3.